The van der Waals surface area contributed by atoms with E-state index >= 15 is 0 Å². The lowest BCUT2D eigenvalue weighted by Crippen LogP contribution is -2.00. The van der Waals surface area contributed by atoms with Gasteiger partial charge in [-0.1, -0.05) is 73.4 Å². The molecule has 100 valence electrons. The van der Waals surface area contributed by atoms with E-state index in [4.69, 9.17) is 17.0 Å². The maximum atomic E-state index is 5.62. The van der Waals surface area contributed by atoms with Crippen molar-refractivity contribution in [2.45, 2.75) is 0 Å². The molecule has 0 aliphatic carbocycles. The summed E-state index contributed by atoms with van der Waals surface area (Å²) < 4.78 is 5.62. The quantitative estimate of drug-likeness (QED) is 0.329. The molecule has 2 aromatic rings. The molecule has 2 rings (SSSR count). The number of hydrogen-bond donors (Lipinski definition) is 0. The highest BCUT2D eigenvalue weighted by Gasteiger charge is 2.05. The average molecular weight is 280 g/mol. The van der Waals surface area contributed by atoms with Crippen LogP contribution in [-0.4, -0.2) is 11.5 Å². The van der Waals surface area contributed by atoms with E-state index in [1.165, 1.54) is 0 Å². The van der Waals surface area contributed by atoms with Gasteiger partial charge in [-0.15, -0.1) is 0 Å². The third-order valence-corrected chi connectivity index (χ3v) is 3.09. The van der Waals surface area contributed by atoms with Crippen molar-refractivity contribution in [3.05, 3.63) is 84.5 Å². The Morgan fingerprint density at radius 1 is 1.05 bits per heavy atom. The summed E-state index contributed by atoms with van der Waals surface area (Å²) in [5.74, 6) is 0.787. The first kappa shape index (κ1) is 14.2. The molecule has 0 saturated heterocycles. The van der Waals surface area contributed by atoms with Gasteiger partial charge in [0.25, 0.3) is 0 Å². The number of thiocarbonyl (C=S) groups is 1. The highest BCUT2D eigenvalue weighted by Crippen LogP contribution is 2.20. The van der Waals surface area contributed by atoms with Crippen molar-refractivity contribution in [2.75, 3.05) is 6.61 Å². The normalized spacial score (nSPS) is 10.4. The fourth-order valence-electron chi connectivity index (χ4n) is 1.77. The Balaban J connectivity index is 2.17. The highest BCUT2D eigenvalue weighted by molar-refractivity contribution is 7.81. The summed E-state index contributed by atoms with van der Waals surface area (Å²) in [6, 6.07) is 17.9. The molecule has 0 aromatic heterocycles. The van der Waals surface area contributed by atoms with Gasteiger partial charge < -0.3 is 4.74 Å². The van der Waals surface area contributed by atoms with Crippen LogP contribution in [0.1, 0.15) is 11.1 Å². The minimum atomic E-state index is 0.474. The van der Waals surface area contributed by atoms with Crippen LogP contribution in [0.2, 0.25) is 0 Å². The second kappa shape index (κ2) is 7.41. The molecule has 0 radical (unpaired) electrons. The largest absolute Gasteiger partial charge is 0.489 e. The number of benzene rings is 2. The molecule has 0 saturated carbocycles. The molecule has 0 amide bonds. The number of hydrogen-bond acceptors (Lipinski definition) is 2. The van der Waals surface area contributed by atoms with Crippen molar-refractivity contribution in [1.29, 1.82) is 0 Å². The Morgan fingerprint density at radius 3 is 2.50 bits per heavy atom. The molecular weight excluding hydrogens is 264 g/mol. The van der Waals surface area contributed by atoms with Gasteiger partial charge in [0, 0.05) is 10.4 Å². The number of para-hydroxylation sites is 1. The number of rotatable bonds is 6. The molecule has 0 aliphatic rings. The van der Waals surface area contributed by atoms with Gasteiger partial charge in [-0.05, 0) is 23.8 Å². The fraction of sp³-hybridized carbons (Fsp3) is 0.0556. The van der Waals surface area contributed by atoms with Crippen LogP contribution in [0.4, 0.5) is 0 Å². The van der Waals surface area contributed by atoms with Crippen LogP contribution in [0.15, 0.2) is 73.3 Å². The standard InChI is InChI=1S/C18H16OS/c1-2-14-19-17-11-7-6-10-16(17)18(20)13-12-15-8-4-3-5-9-15/h2-13H,1,14H2/b13-12+. The monoisotopic (exact) mass is 280 g/mol. The van der Waals surface area contributed by atoms with Crippen LogP contribution < -0.4 is 4.74 Å². The molecular formula is C18H16OS. The lowest BCUT2D eigenvalue weighted by molar-refractivity contribution is 0.362. The van der Waals surface area contributed by atoms with Gasteiger partial charge in [0.1, 0.15) is 12.4 Å². The number of ether oxygens (including phenoxy) is 1. The summed E-state index contributed by atoms with van der Waals surface area (Å²) in [5, 5.41) is 0. The molecule has 20 heavy (non-hydrogen) atoms. The van der Waals surface area contributed by atoms with Crippen LogP contribution in [0.5, 0.6) is 5.75 Å². The topological polar surface area (TPSA) is 9.23 Å². The van der Waals surface area contributed by atoms with Crippen molar-refractivity contribution < 1.29 is 4.74 Å². The summed E-state index contributed by atoms with van der Waals surface area (Å²) >= 11 is 5.46. The van der Waals surface area contributed by atoms with E-state index in [-0.39, 0.29) is 0 Å². The zero-order valence-electron chi connectivity index (χ0n) is 11.2. The van der Waals surface area contributed by atoms with Gasteiger partial charge in [0.15, 0.2) is 0 Å². The van der Waals surface area contributed by atoms with E-state index in [0.717, 1.165) is 21.7 Å². The third-order valence-electron chi connectivity index (χ3n) is 2.74. The molecule has 0 heterocycles. The van der Waals surface area contributed by atoms with E-state index in [0.29, 0.717) is 6.61 Å². The minimum Gasteiger partial charge on any atom is -0.489 e. The summed E-state index contributed by atoms with van der Waals surface area (Å²) in [4.78, 5) is 0.758. The van der Waals surface area contributed by atoms with Crippen molar-refractivity contribution in [1.82, 2.24) is 0 Å². The van der Waals surface area contributed by atoms with Gasteiger partial charge in [-0.2, -0.15) is 0 Å². The van der Waals surface area contributed by atoms with Crippen molar-refractivity contribution in [3.63, 3.8) is 0 Å². The Labute approximate surface area is 125 Å². The summed E-state index contributed by atoms with van der Waals surface area (Å²) in [6.07, 6.45) is 5.66. The highest BCUT2D eigenvalue weighted by atomic mass is 32.1. The molecule has 2 heteroatoms. The average Bonchev–Trinajstić information content (AvgIpc) is 2.52. The Bertz CT molecular complexity index is 614. The molecule has 2 aromatic carbocycles. The minimum absolute atomic E-state index is 0.474. The molecule has 0 aliphatic heterocycles. The Hall–Kier alpha value is -2.19. The third kappa shape index (κ3) is 3.90. The zero-order valence-corrected chi connectivity index (χ0v) is 12.0. The lowest BCUT2D eigenvalue weighted by atomic mass is 10.1. The van der Waals surface area contributed by atoms with E-state index in [1.807, 2.05) is 66.7 Å². The molecule has 0 bridgehead atoms. The van der Waals surface area contributed by atoms with Gasteiger partial charge in [0.05, 0.1) is 0 Å². The first-order valence-corrected chi connectivity index (χ1v) is 6.82. The van der Waals surface area contributed by atoms with Crippen LogP contribution in [0, 0.1) is 0 Å². The smallest absolute Gasteiger partial charge is 0.128 e. The van der Waals surface area contributed by atoms with Crippen LogP contribution in [-0.2, 0) is 0 Å². The molecule has 1 nitrogen and oxygen atoms in total. The lowest BCUT2D eigenvalue weighted by Gasteiger charge is -2.08. The van der Waals surface area contributed by atoms with E-state index in [1.54, 1.807) is 6.08 Å². The van der Waals surface area contributed by atoms with Gasteiger partial charge in [0.2, 0.25) is 0 Å². The van der Waals surface area contributed by atoms with Crippen molar-refractivity contribution in [3.8, 4) is 5.75 Å². The van der Waals surface area contributed by atoms with E-state index < -0.39 is 0 Å². The maximum Gasteiger partial charge on any atom is 0.128 e. The Kier molecular flexibility index (Phi) is 5.27. The molecule has 0 unspecified atom stereocenters. The molecule has 0 atom stereocenters. The van der Waals surface area contributed by atoms with Crippen molar-refractivity contribution >= 4 is 23.2 Å². The molecule has 0 fully saturated rings. The SMILES string of the molecule is C=CCOc1ccccc1C(=S)/C=C/c1ccccc1. The van der Waals surface area contributed by atoms with Gasteiger partial charge >= 0.3 is 0 Å². The second-order valence-electron chi connectivity index (χ2n) is 4.20. The van der Waals surface area contributed by atoms with Gasteiger partial charge in [-0.25, -0.2) is 0 Å². The first-order chi connectivity index (χ1) is 9.81. The van der Waals surface area contributed by atoms with E-state index in [9.17, 15) is 0 Å². The molecule has 0 N–H and O–H groups in total. The van der Waals surface area contributed by atoms with Crippen LogP contribution in [0.25, 0.3) is 6.08 Å². The Morgan fingerprint density at radius 2 is 1.75 bits per heavy atom. The summed E-state index contributed by atoms with van der Waals surface area (Å²) in [5.41, 5.74) is 2.05. The predicted octanol–water partition coefficient (Wildman–Crippen LogP) is 4.68. The summed E-state index contributed by atoms with van der Waals surface area (Å²) in [7, 11) is 0. The predicted molar refractivity (Wildman–Crippen MR) is 89.3 cm³/mol. The molecule has 0 spiro atoms. The van der Waals surface area contributed by atoms with Crippen LogP contribution in [0.3, 0.4) is 0 Å². The second-order valence-corrected chi connectivity index (χ2v) is 4.64. The maximum absolute atomic E-state index is 5.62. The van der Waals surface area contributed by atoms with Crippen molar-refractivity contribution in [2.24, 2.45) is 0 Å². The fourth-order valence-corrected chi connectivity index (χ4v) is 2.01. The first-order valence-electron chi connectivity index (χ1n) is 6.41. The van der Waals surface area contributed by atoms with Crippen LogP contribution >= 0.6 is 12.2 Å². The van der Waals surface area contributed by atoms with E-state index in [2.05, 4.69) is 6.58 Å². The zero-order chi connectivity index (χ0) is 14.2. The summed E-state index contributed by atoms with van der Waals surface area (Å²) in [6.45, 7) is 4.13. The van der Waals surface area contributed by atoms with Gasteiger partial charge in [-0.3, -0.25) is 0 Å². The number of allylic oxidation sites excluding steroid dienone is 1.